The van der Waals surface area contributed by atoms with Crippen LogP contribution >= 0.6 is 0 Å². The van der Waals surface area contributed by atoms with Crippen LogP contribution in [0.3, 0.4) is 0 Å². The molecule has 3 heteroatoms. The number of nitrogens with zero attached hydrogens (tertiary/aromatic N) is 1. The first-order valence-corrected chi connectivity index (χ1v) is 6.74. The summed E-state index contributed by atoms with van der Waals surface area (Å²) in [5, 5.41) is 3.10. The largest absolute Gasteiger partial charge is 0.377 e. The molecule has 1 aliphatic heterocycles. The number of hydrogen-bond acceptors (Lipinski definition) is 3. The molecule has 0 unspecified atom stereocenters. The molecule has 1 heterocycles. The van der Waals surface area contributed by atoms with Crippen LogP contribution in [-0.2, 0) is 4.74 Å². The Bertz CT molecular complexity index is 143. The first kappa shape index (κ1) is 15.9. The van der Waals surface area contributed by atoms with E-state index in [0.717, 1.165) is 13.2 Å². The van der Waals surface area contributed by atoms with Crippen LogP contribution in [-0.4, -0.2) is 50.3 Å². The summed E-state index contributed by atoms with van der Waals surface area (Å²) in [4.78, 5) is 2.53. The summed E-state index contributed by atoms with van der Waals surface area (Å²) in [7, 11) is 1.96. The maximum absolute atomic E-state index is 5.76. The Hall–Kier alpha value is -0.120. The number of likely N-dealkylation sites (tertiary alicyclic amines) is 1. The molecule has 0 bridgehead atoms. The van der Waals surface area contributed by atoms with Crippen molar-refractivity contribution in [3.8, 4) is 0 Å². The van der Waals surface area contributed by atoms with Gasteiger partial charge in [0.25, 0.3) is 0 Å². The van der Waals surface area contributed by atoms with Gasteiger partial charge in [0, 0.05) is 25.7 Å². The number of hydrogen-bond donors (Lipinski definition) is 1. The van der Waals surface area contributed by atoms with E-state index in [1.807, 2.05) is 20.9 Å². The Labute approximate surface area is 102 Å². The molecule has 0 aromatic heterocycles. The molecule has 98 valence electrons. The van der Waals surface area contributed by atoms with Crippen molar-refractivity contribution in [2.45, 2.75) is 52.7 Å². The highest BCUT2D eigenvalue weighted by atomic mass is 16.5. The van der Waals surface area contributed by atoms with Crippen molar-refractivity contribution in [1.29, 1.82) is 0 Å². The van der Waals surface area contributed by atoms with Gasteiger partial charge in [0.1, 0.15) is 0 Å². The average molecular weight is 230 g/mol. The maximum Gasteiger partial charge on any atom is 0.0600 e. The van der Waals surface area contributed by atoms with Gasteiger partial charge in [-0.2, -0.15) is 0 Å². The zero-order valence-electron chi connectivity index (χ0n) is 11.8. The van der Waals surface area contributed by atoms with Gasteiger partial charge >= 0.3 is 0 Å². The van der Waals surface area contributed by atoms with E-state index in [2.05, 4.69) is 24.1 Å². The molecule has 1 rings (SSSR count). The lowest BCUT2D eigenvalue weighted by molar-refractivity contribution is 0.00338. The monoisotopic (exact) mass is 230 g/mol. The summed E-state index contributed by atoms with van der Waals surface area (Å²) in [6, 6.07) is 0.688. The van der Waals surface area contributed by atoms with E-state index in [0.29, 0.717) is 12.1 Å². The van der Waals surface area contributed by atoms with E-state index in [1.165, 1.54) is 25.9 Å². The SMILES string of the molecule is CC.CNCCOC1CCN(C(C)C)CC1. The molecule has 0 aliphatic carbocycles. The van der Waals surface area contributed by atoms with Gasteiger partial charge in [-0.3, -0.25) is 0 Å². The van der Waals surface area contributed by atoms with E-state index in [-0.39, 0.29) is 0 Å². The predicted molar refractivity (Wildman–Crippen MR) is 71.0 cm³/mol. The van der Waals surface area contributed by atoms with Crippen molar-refractivity contribution in [3.63, 3.8) is 0 Å². The molecular formula is C13H30N2O. The second kappa shape index (κ2) is 10.1. The van der Waals surface area contributed by atoms with Crippen molar-refractivity contribution in [2.24, 2.45) is 0 Å². The third-order valence-corrected chi connectivity index (χ3v) is 2.91. The minimum absolute atomic E-state index is 0.498. The van der Waals surface area contributed by atoms with Crippen LogP contribution < -0.4 is 5.32 Å². The molecule has 1 saturated heterocycles. The lowest BCUT2D eigenvalue weighted by Crippen LogP contribution is -2.41. The lowest BCUT2D eigenvalue weighted by Gasteiger charge is -2.34. The number of piperidine rings is 1. The van der Waals surface area contributed by atoms with Gasteiger partial charge in [-0.05, 0) is 33.7 Å². The number of rotatable bonds is 5. The Morgan fingerprint density at radius 3 is 2.25 bits per heavy atom. The van der Waals surface area contributed by atoms with Crippen molar-refractivity contribution in [1.82, 2.24) is 10.2 Å². The van der Waals surface area contributed by atoms with Gasteiger partial charge < -0.3 is 15.0 Å². The first-order chi connectivity index (χ1) is 7.74. The molecule has 3 nitrogen and oxygen atoms in total. The smallest absolute Gasteiger partial charge is 0.0600 e. The average Bonchev–Trinajstić information content (AvgIpc) is 2.33. The summed E-state index contributed by atoms with van der Waals surface area (Å²) in [6.07, 6.45) is 2.89. The van der Waals surface area contributed by atoms with Crippen molar-refractivity contribution in [2.75, 3.05) is 33.3 Å². The highest BCUT2D eigenvalue weighted by Gasteiger charge is 2.20. The van der Waals surface area contributed by atoms with Gasteiger partial charge in [-0.1, -0.05) is 13.8 Å². The highest BCUT2D eigenvalue weighted by Crippen LogP contribution is 2.15. The van der Waals surface area contributed by atoms with Crippen LogP contribution in [0.15, 0.2) is 0 Å². The van der Waals surface area contributed by atoms with E-state index in [4.69, 9.17) is 4.74 Å². The summed E-state index contributed by atoms with van der Waals surface area (Å²) in [6.45, 7) is 12.7. The molecule has 0 radical (unpaired) electrons. The Kier molecular flexibility index (Phi) is 9.99. The fraction of sp³-hybridized carbons (Fsp3) is 1.00. The zero-order chi connectivity index (χ0) is 12.4. The van der Waals surface area contributed by atoms with Crippen molar-refractivity contribution in [3.05, 3.63) is 0 Å². The molecule has 1 fully saturated rings. The molecule has 0 aromatic carbocycles. The normalized spacial score (nSPS) is 18.4. The zero-order valence-corrected chi connectivity index (χ0v) is 11.8. The fourth-order valence-electron chi connectivity index (χ4n) is 1.89. The molecule has 0 atom stereocenters. The molecule has 0 amide bonds. The van der Waals surface area contributed by atoms with Gasteiger partial charge in [-0.25, -0.2) is 0 Å². The molecule has 0 saturated carbocycles. The standard InChI is InChI=1S/C11H24N2O.C2H6/c1-10(2)13-7-4-11(5-8-13)14-9-6-12-3;1-2/h10-12H,4-9H2,1-3H3;1-2H3. The van der Waals surface area contributed by atoms with E-state index in [1.54, 1.807) is 0 Å². The van der Waals surface area contributed by atoms with Crippen molar-refractivity contribution < 1.29 is 4.74 Å². The first-order valence-electron chi connectivity index (χ1n) is 6.74. The predicted octanol–water partition coefficient (Wildman–Crippen LogP) is 2.12. The number of likely N-dealkylation sites (N-methyl/N-ethyl adjacent to an activating group) is 1. The molecule has 0 spiro atoms. The fourth-order valence-corrected chi connectivity index (χ4v) is 1.89. The van der Waals surface area contributed by atoms with E-state index >= 15 is 0 Å². The summed E-state index contributed by atoms with van der Waals surface area (Å²) in [5.74, 6) is 0. The Morgan fingerprint density at radius 1 is 1.25 bits per heavy atom. The lowest BCUT2D eigenvalue weighted by atomic mass is 10.1. The van der Waals surface area contributed by atoms with Gasteiger partial charge in [-0.15, -0.1) is 0 Å². The van der Waals surface area contributed by atoms with Crippen molar-refractivity contribution >= 4 is 0 Å². The molecule has 1 aliphatic rings. The molecular weight excluding hydrogens is 200 g/mol. The minimum atomic E-state index is 0.498. The topological polar surface area (TPSA) is 24.5 Å². The van der Waals surface area contributed by atoms with Gasteiger partial charge in [0.05, 0.1) is 12.7 Å². The second-order valence-corrected chi connectivity index (χ2v) is 4.30. The van der Waals surface area contributed by atoms with Crippen LogP contribution in [0, 0.1) is 0 Å². The number of ether oxygens (including phenoxy) is 1. The second-order valence-electron chi connectivity index (χ2n) is 4.30. The third kappa shape index (κ3) is 6.46. The molecule has 0 aromatic rings. The minimum Gasteiger partial charge on any atom is -0.377 e. The molecule has 16 heavy (non-hydrogen) atoms. The van der Waals surface area contributed by atoms with Crippen LogP contribution in [0.1, 0.15) is 40.5 Å². The van der Waals surface area contributed by atoms with E-state index < -0.39 is 0 Å². The quantitative estimate of drug-likeness (QED) is 0.732. The summed E-state index contributed by atoms with van der Waals surface area (Å²) < 4.78 is 5.76. The maximum atomic E-state index is 5.76. The molecule has 1 N–H and O–H groups in total. The van der Waals surface area contributed by atoms with Crippen LogP contribution in [0.5, 0.6) is 0 Å². The highest BCUT2D eigenvalue weighted by molar-refractivity contribution is 4.74. The van der Waals surface area contributed by atoms with Crippen LogP contribution in [0.25, 0.3) is 0 Å². The Balaban J connectivity index is 0.00000106. The van der Waals surface area contributed by atoms with Gasteiger partial charge in [0.15, 0.2) is 0 Å². The van der Waals surface area contributed by atoms with E-state index in [9.17, 15) is 0 Å². The number of nitrogens with one attached hydrogen (secondary N) is 1. The van der Waals surface area contributed by atoms with Crippen LogP contribution in [0.2, 0.25) is 0 Å². The van der Waals surface area contributed by atoms with Crippen LogP contribution in [0.4, 0.5) is 0 Å². The third-order valence-electron chi connectivity index (χ3n) is 2.91. The summed E-state index contributed by atoms with van der Waals surface area (Å²) >= 11 is 0. The summed E-state index contributed by atoms with van der Waals surface area (Å²) in [5.41, 5.74) is 0. The van der Waals surface area contributed by atoms with Gasteiger partial charge in [0.2, 0.25) is 0 Å². The Morgan fingerprint density at radius 2 is 1.81 bits per heavy atom.